The molecule has 0 radical (unpaired) electrons. The van der Waals surface area contributed by atoms with Crippen LogP contribution in [0.15, 0.2) is 29.7 Å². The molecule has 1 atom stereocenters. The van der Waals surface area contributed by atoms with Crippen molar-refractivity contribution in [1.82, 2.24) is 0 Å². The van der Waals surface area contributed by atoms with Crippen LogP contribution in [-0.4, -0.2) is 17.4 Å². The monoisotopic (exact) mass is 403 g/mol. The Balaban J connectivity index is 0. The maximum Gasteiger partial charge on any atom is 0.332 e. The number of hydrogen-bond acceptors (Lipinski definition) is 3. The molecule has 0 saturated carbocycles. The van der Waals surface area contributed by atoms with E-state index in [1.165, 1.54) is 18.2 Å². The van der Waals surface area contributed by atoms with Crippen molar-refractivity contribution in [3.05, 3.63) is 41.5 Å². The van der Waals surface area contributed by atoms with E-state index in [0.717, 1.165) is 24.0 Å². The Morgan fingerprint density at radius 3 is 1.93 bits per heavy atom. The molecule has 0 amide bonds. The highest BCUT2D eigenvalue weighted by molar-refractivity contribution is 7.98. The van der Waals surface area contributed by atoms with Gasteiger partial charge in [0.1, 0.15) is 0 Å². The van der Waals surface area contributed by atoms with Crippen molar-refractivity contribution in [2.24, 2.45) is 5.73 Å². The summed E-state index contributed by atoms with van der Waals surface area (Å²) in [5.74, 6) is 0. The van der Waals surface area contributed by atoms with Gasteiger partial charge in [0.2, 0.25) is 0 Å². The Kier molecular flexibility index (Phi) is 14.8. The number of nitrogens with two attached hydrogens (primary N) is 1. The number of benzene rings is 1. The van der Waals surface area contributed by atoms with Gasteiger partial charge in [0, 0.05) is 10.5 Å². The second-order valence-electron chi connectivity index (χ2n) is 6.63. The highest BCUT2D eigenvalue weighted by Crippen LogP contribution is 2.43. The number of alkyl halides is 2. The van der Waals surface area contributed by atoms with Crippen LogP contribution in [0.25, 0.3) is 0 Å². The lowest BCUT2D eigenvalue weighted by molar-refractivity contribution is -0.189. The second kappa shape index (κ2) is 14.1. The fraction of sp³-hybridized carbons (Fsp3) is 0.636. The smallest absolute Gasteiger partial charge is 0.332 e. The van der Waals surface area contributed by atoms with Gasteiger partial charge in [0.15, 0.2) is 5.60 Å². The Morgan fingerprint density at radius 1 is 1.15 bits per heavy atom. The molecule has 0 aliphatic carbocycles. The van der Waals surface area contributed by atoms with Crippen molar-refractivity contribution in [3.8, 4) is 0 Å². The zero-order valence-electron chi connectivity index (χ0n) is 18.2. The van der Waals surface area contributed by atoms with Crippen LogP contribution >= 0.6 is 11.8 Å². The first-order valence-electron chi connectivity index (χ1n) is 9.66. The van der Waals surface area contributed by atoms with Crippen molar-refractivity contribution < 1.29 is 13.9 Å². The summed E-state index contributed by atoms with van der Waals surface area (Å²) in [6.45, 7) is 15.5. The minimum atomic E-state index is -3.67. The number of allylic oxidation sites excluding steroid dienone is 1. The highest BCUT2D eigenvalue weighted by atomic mass is 32.2. The van der Waals surface area contributed by atoms with Gasteiger partial charge in [-0.25, -0.2) is 0 Å². The van der Waals surface area contributed by atoms with Gasteiger partial charge in [-0.3, -0.25) is 5.73 Å². The van der Waals surface area contributed by atoms with Crippen LogP contribution in [0.1, 0.15) is 76.5 Å². The Morgan fingerprint density at radius 2 is 1.59 bits per heavy atom. The van der Waals surface area contributed by atoms with Crippen LogP contribution < -0.4 is 5.73 Å². The maximum atomic E-state index is 13.8. The van der Waals surface area contributed by atoms with Crippen LogP contribution in [0, 0.1) is 13.8 Å². The van der Waals surface area contributed by atoms with Crippen LogP contribution in [0.4, 0.5) is 8.78 Å². The third-order valence-corrected chi connectivity index (χ3v) is 4.77. The fourth-order valence-electron chi connectivity index (χ4n) is 2.20. The summed E-state index contributed by atoms with van der Waals surface area (Å²) < 4.78 is 27.7. The lowest BCUT2D eigenvalue weighted by atomic mass is 9.85. The topological polar surface area (TPSA) is 46.2 Å². The molecule has 0 aliphatic rings. The van der Waals surface area contributed by atoms with Gasteiger partial charge in [-0.1, -0.05) is 59.1 Å². The number of hydrogen-bond donors (Lipinski definition) is 2. The first kappa shape index (κ1) is 28.3. The van der Waals surface area contributed by atoms with Crippen LogP contribution in [0.3, 0.4) is 0 Å². The molecule has 158 valence electrons. The van der Waals surface area contributed by atoms with Crippen LogP contribution in [0.5, 0.6) is 0 Å². The molecule has 1 aromatic rings. The SMILES string of the molecule is C=CCC.CCC.CCCCC(O)(c1cc(C)c(C)cc1SC)C(N)(F)F. The number of aryl methyl sites for hydroxylation is 2. The predicted octanol–water partition coefficient (Wildman–Crippen LogP) is 6.95. The van der Waals surface area contributed by atoms with E-state index in [1.54, 1.807) is 6.07 Å². The quantitative estimate of drug-likeness (QED) is 0.294. The minimum Gasteiger partial charge on any atom is -0.377 e. The summed E-state index contributed by atoms with van der Waals surface area (Å²) in [5, 5.41) is 10.6. The molecule has 0 heterocycles. The fourth-order valence-corrected chi connectivity index (χ4v) is 2.94. The maximum absolute atomic E-state index is 13.8. The van der Waals surface area contributed by atoms with Crippen molar-refractivity contribution in [1.29, 1.82) is 0 Å². The van der Waals surface area contributed by atoms with Crippen molar-refractivity contribution in [2.45, 2.75) is 90.2 Å². The van der Waals surface area contributed by atoms with E-state index >= 15 is 0 Å². The number of aliphatic hydroxyl groups is 1. The van der Waals surface area contributed by atoms with Gasteiger partial charge in [0.25, 0.3) is 0 Å². The molecule has 1 rings (SSSR count). The predicted molar refractivity (Wildman–Crippen MR) is 117 cm³/mol. The third-order valence-electron chi connectivity index (χ3n) is 3.99. The zero-order valence-corrected chi connectivity index (χ0v) is 19.0. The summed E-state index contributed by atoms with van der Waals surface area (Å²) in [6, 6.07) is -0.204. The second-order valence-corrected chi connectivity index (χ2v) is 7.48. The Hall–Kier alpha value is -0.910. The van der Waals surface area contributed by atoms with Crippen LogP contribution in [-0.2, 0) is 5.60 Å². The summed E-state index contributed by atoms with van der Waals surface area (Å²) >= 11 is 1.35. The minimum absolute atomic E-state index is 0.0525. The molecular formula is C22H39F2NOS. The Bertz CT molecular complexity index is 544. The molecule has 0 aliphatic heterocycles. The largest absolute Gasteiger partial charge is 0.377 e. The molecule has 0 aromatic heterocycles. The van der Waals surface area contributed by atoms with E-state index in [9.17, 15) is 13.9 Å². The Labute approximate surface area is 169 Å². The van der Waals surface area contributed by atoms with Gasteiger partial charge < -0.3 is 5.11 Å². The molecule has 1 aromatic carbocycles. The molecule has 3 N–H and O–H groups in total. The molecule has 0 fully saturated rings. The molecule has 0 bridgehead atoms. The molecule has 2 nitrogen and oxygen atoms in total. The van der Waals surface area contributed by atoms with Crippen molar-refractivity contribution in [3.63, 3.8) is 0 Å². The van der Waals surface area contributed by atoms with E-state index in [0.29, 0.717) is 11.3 Å². The van der Waals surface area contributed by atoms with Gasteiger partial charge in [0.05, 0.1) is 0 Å². The lowest BCUT2D eigenvalue weighted by Gasteiger charge is -2.35. The average molecular weight is 404 g/mol. The first-order chi connectivity index (χ1) is 12.5. The van der Waals surface area contributed by atoms with Crippen molar-refractivity contribution in [2.75, 3.05) is 6.26 Å². The number of halogens is 2. The lowest BCUT2D eigenvalue weighted by Crippen LogP contribution is -2.52. The molecular weight excluding hydrogens is 364 g/mol. The zero-order chi connectivity index (χ0) is 21.7. The number of rotatable bonds is 7. The first-order valence-corrected chi connectivity index (χ1v) is 10.9. The molecule has 5 heteroatoms. The summed E-state index contributed by atoms with van der Waals surface area (Å²) in [4.78, 5) is 0.650. The summed E-state index contributed by atoms with van der Waals surface area (Å²) in [7, 11) is 0. The average Bonchev–Trinajstić information content (AvgIpc) is 2.61. The number of unbranched alkanes of at least 4 members (excludes halogenated alkanes) is 1. The van der Waals surface area contributed by atoms with E-state index in [4.69, 9.17) is 5.73 Å². The van der Waals surface area contributed by atoms with E-state index < -0.39 is 11.6 Å². The molecule has 1 unspecified atom stereocenters. The summed E-state index contributed by atoms with van der Waals surface area (Å²) in [5.41, 5.74) is 4.80. The van der Waals surface area contributed by atoms with Gasteiger partial charge in [-0.2, -0.15) is 8.78 Å². The van der Waals surface area contributed by atoms with E-state index in [1.807, 2.05) is 39.2 Å². The van der Waals surface area contributed by atoms with Gasteiger partial charge in [-0.05, 0) is 50.1 Å². The van der Waals surface area contributed by atoms with E-state index in [2.05, 4.69) is 27.4 Å². The van der Waals surface area contributed by atoms with Crippen molar-refractivity contribution >= 4 is 11.8 Å². The third kappa shape index (κ3) is 9.22. The van der Waals surface area contributed by atoms with Crippen LogP contribution in [0.2, 0.25) is 0 Å². The number of thioether (sulfide) groups is 1. The van der Waals surface area contributed by atoms with Gasteiger partial charge in [-0.15, -0.1) is 18.3 Å². The standard InChI is InChI=1S/C15H23F2NOS.C4H8.C3H8/c1-5-6-7-14(19,15(16,17)18)12-8-10(2)11(3)9-13(12)20-4;1-3-4-2;1-3-2/h8-9,19H,5-7,18H2,1-4H3;3H,1,4H2,2H3;3H2,1-2H3. The van der Waals surface area contributed by atoms with Gasteiger partial charge >= 0.3 is 6.05 Å². The molecule has 27 heavy (non-hydrogen) atoms. The molecule has 0 saturated heterocycles. The normalized spacial score (nSPS) is 12.9. The molecule has 0 spiro atoms. The summed E-state index contributed by atoms with van der Waals surface area (Å²) in [6.07, 6.45) is 7.17. The highest BCUT2D eigenvalue weighted by Gasteiger charge is 2.51. The van der Waals surface area contributed by atoms with E-state index in [-0.39, 0.29) is 12.0 Å².